The quantitative estimate of drug-likeness (QED) is 0.665. The second-order valence-corrected chi connectivity index (χ2v) is 4.96. The average Bonchev–Trinajstić information content (AvgIpc) is 2.11. The number of carbonyl (C=O) groups excluding carboxylic acids is 1. The maximum Gasteiger partial charge on any atom is 0.323 e. The summed E-state index contributed by atoms with van der Waals surface area (Å²) in [6.45, 7) is 2.64. The van der Waals surface area contributed by atoms with Gasteiger partial charge in [-0.3, -0.25) is 14.4 Å². The van der Waals surface area contributed by atoms with Crippen molar-refractivity contribution in [1.29, 1.82) is 0 Å². The van der Waals surface area contributed by atoms with E-state index in [4.69, 9.17) is 10.2 Å². The van der Waals surface area contributed by atoms with Crippen LogP contribution in [-0.2, 0) is 14.4 Å². The van der Waals surface area contributed by atoms with E-state index in [1.54, 1.807) is 0 Å². The van der Waals surface area contributed by atoms with E-state index in [1.165, 1.54) is 11.8 Å². The predicted octanol–water partition coefficient (Wildman–Crippen LogP) is 0.126. The van der Waals surface area contributed by atoms with Crippen molar-refractivity contribution >= 4 is 29.6 Å². The fourth-order valence-electron chi connectivity index (χ4n) is 0.888. The van der Waals surface area contributed by atoms with E-state index >= 15 is 0 Å². The average molecular weight is 249 g/mol. The van der Waals surface area contributed by atoms with Crippen LogP contribution in [0.25, 0.3) is 0 Å². The zero-order chi connectivity index (χ0) is 12.7. The van der Waals surface area contributed by atoms with E-state index in [0.29, 0.717) is 0 Å². The van der Waals surface area contributed by atoms with Gasteiger partial charge < -0.3 is 15.1 Å². The smallest absolute Gasteiger partial charge is 0.323 e. The molecule has 1 amide bonds. The van der Waals surface area contributed by atoms with Crippen LogP contribution in [0.4, 0.5) is 0 Å². The Bertz CT molecular complexity index is 263. The van der Waals surface area contributed by atoms with Gasteiger partial charge in [0.2, 0.25) is 5.91 Å². The number of nitrogens with zero attached hydrogens (tertiary/aromatic N) is 1. The fraction of sp³-hybridized carbons (Fsp3) is 0.667. The molecule has 16 heavy (non-hydrogen) atoms. The van der Waals surface area contributed by atoms with Crippen LogP contribution in [0.15, 0.2) is 0 Å². The predicted molar refractivity (Wildman–Crippen MR) is 59.4 cm³/mol. The molecule has 0 unspecified atom stereocenters. The van der Waals surface area contributed by atoms with E-state index in [0.717, 1.165) is 4.90 Å². The summed E-state index contributed by atoms with van der Waals surface area (Å²) in [4.78, 5) is 33.2. The molecular formula is C9H15NO5S. The van der Waals surface area contributed by atoms with E-state index in [-0.39, 0.29) is 11.0 Å². The molecule has 0 aromatic rings. The van der Waals surface area contributed by atoms with Crippen LogP contribution in [0.1, 0.15) is 13.8 Å². The Morgan fingerprint density at radius 2 is 1.56 bits per heavy atom. The van der Waals surface area contributed by atoms with Crippen molar-refractivity contribution in [2.75, 3.05) is 18.8 Å². The van der Waals surface area contributed by atoms with Gasteiger partial charge in [-0.1, -0.05) is 13.8 Å². The lowest BCUT2D eigenvalue weighted by atomic mass is 10.4. The SMILES string of the molecule is CC(C)SCC(=O)N(CC(=O)O)CC(=O)O. The second-order valence-electron chi connectivity index (χ2n) is 3.40. The van der Waals surface area contributed by atoms with Crippen LogP contribution in [0, 0.1) is 0 Å². The number of carboxylic acid groups (broad SMARTS) is 2. The summed E-state index contributed by atoms with van der Waals surface area (Å²) >= 11 is 1.34. The van der Waals surface area contributed by atoms with Gasteiger partial charge >= 0.3 is 11.9 Å². The molecule has 0 atom stereocenters. The second kappa shape index (κ2) is 7.10. The maximum atomic E-state index is 11.5. The molecule has 0 heterocycles. The molecule has 0 saturated heterocycles. The standard InChI is InChI=1S/C9H15NO5S/c1-6(2)16-5-7(11)10(3-8(12)13)4-9(14)15/h6H,3-5H2,1-2H3,(H,12,13)(H,14,15). The molecule has 0 rings (SSSR count). The first-order chi connectivity index (χ1) is 7.32. The first kappa shape index (κ1) is 14.8. The zero-order valence-corrected chi connectivity index (χ0v) is 9.99. The molecule has 0 aromatic heterocycles. The van der Waals surface area contributed by atoms with Crippen LogP contribution in [0.5, 0.6) is 0 Å². The van der Waals surface area contributed by atoms with E-state index in [2.05, 4.69) is 0 Å². The Hall–Kier alpha value is -1.24. The highest BCUT2D eigenvalue weighted by Gasteiger charge is 2.19. The van der Waals surface area contributed by atoms with E-state index < -0.39 is 30.9 Å². The van der Waals surface area contributed by atoms with E-state index in [1.807, 2.05) is 13.8 Å². The van der Waals surface area contributed by atoms with Gasteiger partial charge in [-0.2, -0.15) is 0 Å². The molecule has 7 heteroatoms. The Labute approximate surface area is 97.6 Å². The molecule has 0 aliphatic carbocycles. The molecule has 0 fully saturated rings. The number of carbonyl (C=O) groups is 3. The molecule has 0 bridgehead atoms. The summed E-state index contributed by atoms with van der Waals surface area (Å²) in [5.41, 5.74) is 0. The number of thioether (sulfide) groups is 1. The van der Waals surface area contributed by atoms with Gasteiger partial charge in [0.25, 0.3) is 0 Å². The third-order valence-corrected chi connectivity index (χ3v) is 2.63. The highest BCUT2D eigenvalue weighted by atomic mass is 32.2. The van der Waals surface area contributed by atoms with Crippen LogP contribution in [-0.4, -0.2) is 57.1 Å². The van der Waals surface area contributed by atoms with Crippen molar-refractivity contribution in [3.8, 4) is 0 Å². The van der Waals surface area contributed by atoms with Crippen LogP contribution in [0.2, 0.25) is 0 Å². The lowest BCUT2D eigenvalue weighted by molar-refractivity contribution is -0.148. The minimum atomic E-state index is -1.22. The summed E-state index contributed by atoms with van der Waals surface area (Å²) in [6, 6.07) is 0. The Morgan fingerprint density at radius 1 is 1.12 bits per heavy atom. The minimum Gasteiger partial charge on any atom is -0.480 e. The van der Waals surface area contributed by atoms with Crippen molar-refractivity contribution in [2.45, 2.75) is 19.1 Å². The number of carboxylic acids is 2. The number of rotatable bonds is 7. The topological polar surface area (TPSA) is 94.9 Å². The largest absolute Gasteiger partial charge is 0.480 e. The zero-order valence-electron chi connectivity index (χ0n) is 9.17. The number of aliphatic carboxylic acids is 2. The van der Waals surface area contributed by atoms with Crippen molar-refractivity contribution in [2.24, 2.45) is 0 Å². The van der Waals surface area contributed by atoms with Crippen molar-refractivity contribution in [1.82, 2.24) is 4.90 Å². The van der Waals surface area contributed by atoms with Gasteiger partial charge in [0.15, 0.2) is 0 Å². The van der Waals surface area contributed by atoms with Crippen molar-refractivity contribution in [3.05, 3.63) is 0 Å². The third-order valence-electron chi connectivity index (χ3n) is 1.55. The normalized spacial score (nSPS) is 10.2. The molecule has 0 spiro atoms. The Morgan fingerprint density at radius 3 is 1.88 bits per heavy atom. The first-order valence-electron chi connectivity index (χ1n) is 4.66. The maximum absolute atomic E-state index is 11.5. The minimum absolute atomic E-state index is 0.0955. The van der Waals surface area contributed by atoms with Gasteiger partial charge in [-0.25, -0.2) is 0 Å². The molecule has 2 N–H and O–H groups in total. The van der Waals surface area contributed by atoms with Gasteiger partial charge in [0.05, 0.1) is 5.75 Å². The highest BCUT2D eigenvalue weighted by Crippen LogP contribution is 2.09. The van der Waals surface area contributed by atoms with Crippen LogP contribution >= 0.6 is 11.8 Å². The summed E-state index contributed by atoms with van der Waals surface area (Å²) < 4.78 is 0. The molecule has 92 valence electrons. The summed E-state index contributed by atoms with van der Waals surface area (Å²) in [7, 11) is 0. The molecule has 6 nitrogen and oxygen atoms in total. The van der Waals surface area contributed by atoms with Gasteiger partial charge in [0.1, 0.15) is 13.1 Å². The Kier molecular flexibility index (Phi) is 6.55. The monoisotopic (exact) mass is 249 g/mol. The van der Waals surface area contributed by atoms with Gasteiger partial charge in [-0.15, -0.1) is 11.8 Å². The third kappa shape index (κ3) is 7.10. The summed E-state index contributed by atoms with van der Waals surface area (Å²) in [6.07, 6.45) is 0. The number of hydrogen-bond donors (Lipinski definition) is 2. The number of amides is 1. The lowest BCUT2D eigenvalue weighted by Gasteiger charge is -2.18. The van der Waals surface area contributed by atoms with Crippen LogP contribution < -0.4 is 0 Å². The molecule has 0 saturated carbocycles. The molecule has 0 aromatic carbocycles. The van der Waals surface area contributed by atoms with Crippen molar-refractivity contribution in [3.63, 3.8) is 0 Å². The molecule has 0 radical (unpaired) electrons. The first-order valence-corrected chi connectivity index (χ1v) is 5.70. The summed E-state index contributed by atoms with van der Waals surface area (Å²) in [5, 5.41) is 17.3. The number of hydrogen-bond acceptors (Lipinski definition) is 4. The van der Waals surface area contributed by atoms with Crippen LogP contribution in [0.3, 0.4) is 0 Å². The molecule has 0 aliphatic rings. The fourth-order valence-corrected chi connectivity index (χ4v) is 1.55. The lowest BCUT2D eigenvalue weighted by Crippen LogP contribution is -2.40. The highest BCUT2D eigenvalue weighted by molar-refractivity contribution is 8.00. The Balaban J connectivity index is 4.31. The van der Waals surface area contributed by atoms with Gasteiger partial charge in [-0.05, 0) is 5.25 Å². The van der Waals surface area contributed by atoms with E-state index in [9.17, 15) is 14.4 Å². The molecular weight excluding hydrogens is 234 g/mol. The summed E-state index contributed by atoms with van der Waals surface area (Å²) in [5.74, 6) is -2.81. The van der Waals surface area contributed by atoms with Crippen molar-refractivity contribution < 1.29 is 24.6 Å². The van der Waals surface area contributed by atoms with Gasteiger partial charge in [0, 0.05) is 0 Å². The molecule has 0 aliphatic heterocycles.